The Balaban J connectivity index is 2.06. The van der Waals surface area contributed by atoms with E-state index in [0.717, 1.165) is 16.5 Å². The van der Waals surface area contributed by atoms with Crippen LogP contribution >= 0.6 is 0 Å². The summed E-state index contributed by atoms with van der Waals surface area (Å²) in [7, 11) is 4.48. The summed E-state index contributed by atoms with van der Waals surface area (Å²) in [5.41, 5.74) is 1.91. The normalized spacial score (nSPS) is 12.7. The Bertz CT molecular complexity index is 984. The minimum atomic E-state index is -1.57. The number of aromatic amines is 1. The topological polar surface area (TPSA) is 69.8 Å². The maximum absolute atomic E-state index is 13.1. The van der Waals surface area contributed by atoms with Gasteiger partial charge < -0.3 is 23.9 Å². The van der Waals surface area contributed by atoms with Crippen molar-refractivity contribution in [3.05, 3.63) is 53.2 Å². The number of fused-ring (bicyclic) bond motifs is 1. The van der Waals surface area contributed by atoms with Crippen LogP contribution in [0, 0.1) is 0 Å². The zero-order valence-electron chi connectivity index (χ0n) is 15.6. The van der Waals surface area contributed by atoms with Crippen LogP contribution in [0.4, 0.5) is 0 Å². The molecule has 2 aromatic carbocycles. The third kappa shape index (κ3) is 3.64. The minimum absolute atomic E-state index is 0.318. The molecule has 0 radical (unpaired) electrons. The molecule has 1 aromatic heterocycles. The molecule has 1 atom stereocenters. The highest BCUT2D eigenvalue weighted by molar-refractivity contribution is 7.89. The van der Waals surface area contributed by atoms with Gasteiger partial charge in [0.2, 0.25) is 5.75 Å². The van der Waals surface area contributed by atoms with Gasteiger partial charge in [0, 0.05) is 29.2 Å². The highest BCUT2D eigenvalue weighted by Gasteiger charge is 2.19. The maximum atomic E-state index is 13.1. The van der Waals surface area contributed by atoms with Crippen LogP contribution in [0.2, 0.25) is 0 Å². The first-order chi connectivity index (χ1) is 13.1. The van der Waals surface area contributed by atoms with Crippen LogP contribution in [-0.4, -0.2) is 37.6 Å². The van der Waals surface area contributed by atoms with E-state index in [9.17, 15) is 4.21 Å². The minimum Gasteiger partial charge on any atom is -0.493 e. The summed E-state index contributed by atoms with van der Waals surface area (Å²) in [4.78, 5) is 3.65. The summed E-state index contributed by atoms with van der Waals surface area (Å²) in [6.07, 6.45) is 3.64. The molecule has 0 aliphatic heterocycles. The van der Waals surface area contributed by atoms with Crippen molar-refractivity contribution < 1.29 is 23.2 Å². The molecule has 1 N–H and O–H groups in total. The Morgan fingerprint density at radius 2 is 1.70 bits per heavy atom. The van der Waals surface area contributed by atoms with Crippen LogP contribution in [0.3, 0.4) is 0 Å². The number of nitrogens with one attached hydrogen (secondary N) is 1. The van der Waals surface area contributed by atoms with Gasteiger partial charge in [-0.05, 0) is 23.8 Å². The van der Waals surface area contributed by atoms with E-state index in [1.54, 1.807) is 18.2 Å². The molecule has 142 valence electrons. The highest BCUT2D eigenvalue weighted by atomic mass is 32.2. The molecule has 3 rings (SSSR count). The Morgan fingerprint density at radius 1 is 1.00 bits per heavy atom. The third-order valence-corrected chi connectivity index (χ3v) is 5.45. The van der Waals surface area contributed by atoms with Crippen LogP contribution in [0.5, 0.6) is 17.2 Å². The summed E-state index contributed by atoms with van der Waals surface area (Å²) in [6.45, 7) is 0. The van der Waals surface area contributed by atoms with Crippen molar-refractivity contribution in [2.45, 2.75) is 4.90 Å². The summed E-state index contributed by atoms with van der Waals surface area (Å²) in [6, 6.07) is 11.1. The first-order valence-corrected chi connectivity index (χ1v) is 9.31. The van der Waals surface area contributed by atoms with E-state index in [2.05, 4.69) is 4.98 Å². The zero-order valence-corrected chi connectivity index (χ0v) is 16.4. The van der Waals surface area contributed by atoms with E-state index in [1.165, 1.54) is 28.4 Å². The molecule has 0 spiro atoms. The van der Waals surface area contributed by atoms with Gasteiger partial charge in [0.1, 0.15) is 10.8 Å². The molecule has 0 aliphatic carbocycles. The lowest BCUT2D eigenvalue weighted by Crippen LogP contribution is -2.02. The number of benzene rings is 2. The Kier molecular flexibility index (Phi) is 5.71. The summed E-state index contributed by atoms with van der Waals surface area (Å²) in [5, 5.41) is 1.34. The van der Waals surface area contributed by atoms with Crippen molar-refractivity contribution >= 4 is 27.8 Å². The molecule has 1 unspecified atom stereocenters. The average molecular weight is 387 g/mol. The van der Waals surface area contributed by atoms with E-state index in [4.69, 9.17) is 18.9 Å². The van der Waals surface area contributed by atoms with Crippen LogP contribution < -0.4 is 14.2 Å². The van der Waals surface area contributed by atoms with Crippen molar-refractivity contribution in [3.63, 3.8) is 0 Å². The van der Waals surface area contributed by atoms with Crippen molar-refractivity contribution in [1.29, 1.82) is 0 Å². The smallest absolute Gasteiger partial charge is 0.203 e. The molecule has 27 heavy (non-hydrogen) atoms. The predicted octanol–water partition coefficient (Wildman–Crippen LogP) is 3.95. The fraction of sp³-hybridized carbons (Fsp3) is 0.200. The number of ether oxygens (including phenoxy) is 4. The van der Waals surface area contributed by atoms with Gasteiger partial charge in [0.25, 0.3) is 0 Å². The summed E-state index contributed by atoms with van der Waals surface area (Å²) in [5.74, 6) is 1.31. The lowest BCUT2D eigenvalue weighted by Gasteiger charge is -2.14. The van der Waals surface area contributed by atoms with Crippen LogP contribution in [-0.2, 0) is 15.5 Å². The zero-order chi connectivity index (χ0) is 19.4. The molecular formula is C20H21NO5S. The molecule has 7 heteroatoms. The third-order valence-electron chi connectivity index (χ3n) is 4.14. The predicted molar refractivity (Wildman–Crippen MR) is 106 cm³/mol. The van der Waals surface area contributed by atoms with E-state index < -0.39 is 10.8 Å². The van der Waals surface area contributed by atoms with E-state index >= 15 is 0 Å². The number of aromatic nitrogens is 1. The van der Waals surface area contributed by atoms with Gasteiger partial charge in [0.05, 0.1) is 33.3 Å². The number of H-pyrrole nitrogens is 1. The van der Waals surface area contributed by atoms with Gasteiger partial charge >= 0.3 is 0 Å². The van der Waals surface area contributed by atoms with E-state index in [-0.39, 0.29) is 0 Å². The lowest BCUT2D eigenvalue weighted by atomic mass is 10.1. The molecular weight excluding hydrogens is 366 g/mol. The second-order valence-corrected chi connectivity index (χ2v) is 6.99. The number of hydrogen-bond donors (Lipinski definition) is 1. The van der Waals surface area contributed by atoms with Crippen molar-refractivity contribution in [2.24, 2.45) is 0 Å². The summed E-state index contributed by atoms with van der Waals surface area (Å²) < 4.78 is 34.6. The fourth-order valence-corrected chi connectivity index (χ4v) is 3.88. The Morgan fingerprint density at radius 3 is 2.30 bits per heavy atom. The van der Waals surface area contributed by atoms with Gasteiger partial charge in [0.15, 0.2) is 16.6 Å². The summed E-state index contributed by atoms with van der Waals surface area (Å²) >= 11 is 0. The number of rotatable bonds is 7. The molecule has 0 fully saturated rings. The first kappa shape index (κ1) is 18.8. The number of methoxy groups -OCH3 is 4. The monoisotopic (exact) mass is 387 g/mol. The Labute approximate surface area is 160 Å². The van der Waals surface area contributed by atoms with Gasteiger partial charge in [-0.1, -0.05) is 12.1 Å². The molecule has 3 aromatic rings. The molecule has 0 saturated heterocycles. The fourth-order valence-electron chi connectivity index (χ4n) is 2.83. The van der Waals surface area contributed by atoms with Gasteiger partial charge in [-0.25, -0.2) is 4.21 Å². The van der Waals surface area contributed by atoms with Crippen LogP contribution in [0.25, 0.3) is 17.0 Å². The highest BCUT2D eigenvalue weighted by Crippen LogP contribution is 2.40. The molecule has 0 saturated carbocycles. The maximum Gasteiger partial charge on any atom is 0.203 e. The molecule has 0 amide bonds. The standard InChI is InChI=1S/C20H21NO5S/c1-23-17-11-14(12-18(24-2)20(17)26-4)27(22)19(25-3)10-13-6-5-7-16-15(13)8-9-21-16/h5-12,21H,1-4H3/b19-10+. The van der Waals surface area contributed by atoms with Gasteiger partial charge in [-0.2, -0.15) is 0 Å². The van der Waals surface area contributed by atoms with Crippen molar-refractivity contribution in [1.82, 2.24) is 4.98 Å². The van der Waals surface area contributed by atoms with E-state index in [0.29, 0.717) is 27.2 Å². The largest absolute Gasteiger partial charge is 0.493 e. The van der Waals surface area contributed by atoms with Crippen LogP contribution in [0.15, 0.2) is 52.6 Å². The second-order valence-electron chi connectivity index (χ2n) is 5.58. The SMILES string of the molecule is CO/C(=C\c1cccc2[nH]ccc12)S(=O)c1cc(OC)c(OC)c(OC)c1. The van der Waals surface area contributed by atoms with Crippen molar-refractivity contribution in [3.8, 4) is 17.2 Å². The van der Waals surface area contributed by atoms with E-state index in [1.807, 2.05) is 30.5 Å². The molecule has 0 aliphatic rings. The molecule has 0 bridgehead atoms. The first-order valence-electron chi connectivity index (χ1n) is 8.16. The van der Waals surface area contributed by atoms with Crippen molar-refractivity contribution in [2.75, 3.05) is 28.4 Å². The lowest BCUT2D eigenvalue weighted by molar-refractivity contribution is 0.321. The molecule has 1 heterocycles. The average Bonchev–Trinajstić information content (AvgIpc) is 3.19. The second kappa shape index (κ2) is 8.18. The quantitative estimate of drug-likeness (QED) is 0.622. The number of hydrogen-bond acceptors (Lipinski definition) is 5. The van der Waals surface area contributed by atoms with Gasteiger partial charge in [-0.15, -0.1) is 0 Å². The Hall–Kier alpha value is -2.93. The van der Waals surface area contributed by atoms with Crippen LogP contribution in [0.1, 0.15) is 5.56 Å². The molecule has 6 nitrogen and oxygen atoms in total. The van der Waals surface area contributed by atoms with Gasteiger partial charge in [-0.3, -0.25) is 0 Å².